The topological polar surface area (TPSA) is 95.1 Å². The predicted octanol–water partition coefficient (Wildman–Crippen LogP) is 3.14. The largest absolute Gasteiger partial charge is 0.497 e. The van der Waals surface area contributed by atoms with Gasteiger partial charge in [-0.15, -0.1) is 0 Å². The first-order valence-corrected chi connectivity index (χ1v) is 13.0. The Balaban J connectivity index is 1.56. The van der Waals surface area contributed by atoms with Crippen molar-refractivity contribution < 1.29 is 24.2 Å². The van der Waals surface area contributed by atoms with E-state index >= 15 is 0 Å². The molecule has 8 nitrogen and oxygen atoms in total. The quantitative estimate of drug-likeness (QED) is 0.681. The highest BCUT2D eigenvalue weighted by atomic mass is 16.5. The monoisotopic (exact) mass is 483 g/mol. The van der Waals surface area contributed by atoms with Crippen molar-refractivity contribution in [2.75, 3.05) is 46.6 Å². The molecule has 1 aromatic carbocycles. The molecule has 0 aliphatic carbocycles. The molecular weight excluding hydrogens is 446 g/mol. The minimum atomic E-state index is -0.413. The van der Waals surface area contributed by atoms with Crippen LogP contribution in [0.25, 0.3) is 10.9 Å². The van der Waals surface area contributed by atoms with Gasteiger partial charge >= 0.3 is 0 Å². The van der Waals surface area contributed by atoms with Crippen molar-refractivity contribution in [3.05, 3.63) is 29.5 Å². The van der Waals surface area contributed by atoms with E-state index in [9.17, 15) is 14.7 Å². The number of amides is 2. The van der Waals surface area contributed by atoms with Crippen molar-refractivity contribution in [3.8, 4) is 5.75 Å². The van der Waals surface area contributed by atoms with Gasteiger partial charge in [-0.3, -0.25) is 9.59 Å². The molecule has 0 unspecified atom stereocenters. The first-order chi connectivity index (χ1) is 17.0. The number of aliphatic hydroxyl groups excluding tert-OH is 1. The lowest BCUT2D eigenvalue weighted by Gasteiger charge is -2.51. The Hall–Kier alpha value is -2.58. The molecule has 35 heavy (non-hydrogen) atoms. The van der Waals surface area contributed by atoms with E-state index in [2.05, 4.69) is 11.1 Å². The Labute approximate surface area is 206 Å². The van der Waals surface area contributed by atoms with E-state index < -0.39 is 6.04 Å². The number of hydrogen-bond donors (Lipinski definition) is 2. The standard InChI is InChI=1S/C27H37N3O5/c1-3-4-23(32)29-11-9-27(10-12-29)17-30(26(33)18-7-13-35-14-8-18)22(16-31)25-24(27)20-6-5-19(34-2)15-21(20)28-25/h5-6,15,18,22,28,31H,3-4,7-14,16-17H2,1-2H3/t22-/m1/s1. The second-order valence-corrected chi connectivity index (χ2v) is 10.3. The summed E-state index contributed by atoms with van der Waals surface area (Å²) in [5.41, 5.74) is 2.82. The minimum absolute atomic E-state index is 0.0768. The van der Waals surface area contributed by atoms with Crippen LogP contribution in [0.15, 0.2) is 18.2 Å². The maximum atomic E-state index is 13.8. The van der Waals surface area contributed by atoms with Crippen LogP contribution >= 0.6 is 0 Å². The van der Waals surface area contributed by atoms with Gasteiger partial charge in [-0.1, -0.05) is 6.92 Å². The number of piperidine rings is 1. The number of fused-ring (bicyclic) bond motifs is 4. The summed E-state index contributed by atoms with van der Waals surface area (Å²) in [5.74, 6) is 1.01. The van der Waals surface area contributed by atoms with Crippen molar-refractivity contribution in [2.24, 2.45) is 5.92 Å². The summed E-state index contributed by atoms with van der Waals surface area (Å²) in [6, 6.07) is 5.63. The number of nitrogens with one attached hydrogen (secondary N) is 1. The summed E-state index contributed by atoms with van der Waals surface area (Å²) in [6.45, 7) is 5.04. The summed E-state index contributed by atoms with van der Waals surface area (Å²) in [6.07, 6.45) is 4.45. The molecule has 2 fully saturated rings. The fraction of sp³-hybridized carbons (Fsp3) is 0.630. The summed E-state index contributed by atoms with van der Waals surface area (Å²) in [7, 11) is 1.65. The second kappa shape index (κ2) is 9.82. The third-order valence-electron chi connectivity index (χ3n) is 8.31. The normalized spacial score (nSPS) is 22.4. The van der Waals surface area contributed by atoms with Gasteiger partial charge in [0.1, 0.15) is 5.75 Å². The lowest BCUT2D eigenvalue weighted by molar-refractivity contribution is -0.145. The molecule has 0 bridgehead atoms. The molecule has 2 aromatic rings. The third kappa shape index (κ3) is 4.20. The number of rotatable bonds is 5. The molecule has 0 saturated carbocycles. The fourth-order valence-corrected chi connectivity index (χ4v) is 6.38. The Morgan fingerprint density at radius 2 is 1.97 bits per heavy atom. The van der Waals surface area contributed by atoms with Gasteiger partial charge in [-0.2, -0.15) is 0 Å². The van der Waals surface area contributed by atoms with Gasteiger partial charge in [-0.25, -0.2) is 0 Å². The van der Waals surface area contributed by atoms with Crippen LogP contribution in [-0.2, 0) is 19.7 Å². The number of methoxy groups -OCH3 is 1. The molecule has 1 atom stereocenters. The predicted molar refractivity (Wildman–Crippen MR) is 132 cm³/mol. The number of hydrogen-bond acceptors (Lipinski definition) is 5. The number of carbonyl (C=O) groups is 2. The van der Waals surface area contributed by atoms with E-state index in [-0.39, 0.29) is 29.8 Å². The first-order valence-electron chi connectivity index (χ1n) is 13.0. The van der Waals surface area contributed by atoms with Gasteiger partial charge in [0.05, 0.1) is 19.8 Å². The van der Waals surface area contributed by atoms with Crippen molar-refractivity contribution in [1.82, 2.24) is 14.8 Å². The number of carbonyl (C=O) groups excluding carboxylic acids is 2. The number of H-pyrrole nitrogens is 1. The zero-order chi connectivity index (χ0) is 24.6. The van der Waals surface area contributed by atoms with Crippen molar-refractivity contribution in [1.29, 1.82) is 0 Å². The smallest absolute Gasteiger partial charge is 0.226 e. The molecule has 2 amide bonds. The molecule has 5 rings (SSSR count). The van der Waals surface area contributed by atoms with Crippen molar-refractivity contribution in [2.45, 2.75) is 56.9 Å². The molecule has 1 spiro atoms. The zero-order valence-corrected chi connectivity index (χ0v) is 20.8. The average molecular weight is 484 g/mol. The Morgan fingerprint density at radius 1 is 1.23 bits per heavy atom. The summed E-state index contributed by atoms with van der Waals surface area (Å²) in [4.78, 5) is 33.9. The lowest BCUT2D eigenvalue weighted by atomic mass is 9.68. The van der Waals surface area contributed by atoms with E-state index in [1.54, 1.807) is 7.11 Å². The van der Waals surface area contributed by atoms with E-state index in [0.29, 0.717) is 39.3 Å². The van der Waals surface area contributed by atoms with E-state index in [1.165, 1.54) is 5.56 Å². The number of nitrogens with zero attached hydrogens (tertiary/aromatic N) is 2. The average Bonchev–Trinajstić information content (AvgIpc) is 3.29. The molecule has 3 aliphatic heterocycles. The van der Waals surface area contributed by atoms with Crippen LogP contribution in [0, 0.1) is 5.92 Å². The molecule has 4 heterocycles. The lowest BCUT2D eigenvalue weighted by Crippen LogP contribution is -2.57. The number of likely N-dealkylation sites (tertiary alicyclic amines) is 1. The second-order valence-electron chi connectivity index (χ2n) is 10.3. The van der Waals surface area contributed by atoms with Gasteiger partial charge in [0.15, 0.2) is 0 Å². The maximum Gasteiger partial charge on any atom is 0.226 e. The van der Waals surface area contributed by atoms with Gasteiger partial charge in [0, 0.05) is 73.3 Å². The Morgan fingerprint density at radius 3 is 2.63 bits per heavy atom. The van der Waals surface area contributed by atoms with Crippen LogP contribution in [0.4, 0.5) is 0 Å². The first kappa shape index (κ1) is 24.1. The number of aliphatic hydroxyl groups is 1. The molecule has 3 aliphatic rings. The van der Waals surface area contributed by atoms with Crippen LogP contribution in [0.5, 0.6) is 5.75 Å². The molecule has 8 heteroatoms. The fourth-order valence-electron chi connectivity index (χ4n) is 6.38. The Kier molecular flexibility index (Phi) is 6.77. The summed E-state index contributed by atoms with van der Waals surface area (Å²) in [5, 5.41) is 11.6. The highest BCUT2D eigenvalue weighted by Crippen LogP contribution is 2.49. The number of aromatic nitrogens is 1. The third-order valence-corrected chi connectivity index (χ3v) is 8.31. The number of ether oxygens (including phenoxy) is 2. The number of benzene rings is 1. The SMILES string of the molecule is CCCC(=O)N1CCC2(CC1)CN(C(=O)C1CCOCC1)[C@H](CO)c1[nH]c3cc(OC)ccc3c12. The summed E-state index contributed by atoms with van der Waals surface area (Å²) < 4.78 is 11.0. The van der Waals surface area contributed by atoms with Crippen LogP contribution in [0.1, 0.15) is 62.7 Å². The molecule has 190 valence electrons. The molecule has 2 N–H and O–H groups in total. The van der Waals surface area contributed by atoms with E-state index in [0.717, 1.165) is 54.5 Å². The van der Waals surface area contributed by atoms with Crippen LogP contribution in [-0.4, -0.2) is 78.3 Å². The van der Waals surface area contributed by atoms with Crippen molar-refractivity contribution >= 4 is 22.7 Å². The highest BCUT2D eigenvalue weighted by molar-refractivity contribution is 5.89. The van der Waals surface area contributed by atoms with Gasteiger partial charge in [0.25, 0.3) is 0 Å². The summed E-state index contributed by atoms with van der Waals surface area (Å²) >= 11 is 0. The number of aromatic amines is 1. The Bertz CT molecular complexity index is 1080. The van der Waals surface area contributed by atoms with E-state index in [4.69, 9.17) is 9.47 Å². The van der Waals surface area contributed by atoms with E-state index in [1.807, 2.05) is 28.9 Å². The van der Waals surface area contributed by atoms with Crippen LogP contribution in [0.2, 0.25) is 0 Å². The molecule has 2 saturated heterocycles. The van der Waals surface area contributed by atoms with Crippen molar-refractivity contribution in [3.63, 3.8) is 0 Å². The highest BCUT2D eigenvalue weighted by Gasteiger charge is 2.49. The van der Waals surface area contributed by atoms with Gasteiger partial charge in [0.2, 0.25) is 11.8 Å². The van der Waals surface area contributed by atoms with Crippen LogP contribution < -0.4 is 4.74 Å². The van der Waals surface area contributed by atoms with Gasteiger partial charge < -0.3 is 29.4 Å². The van der Waals surface area contributed by atoms with Gasteiger partial charge in [-0.05, 0) is 49.8 Å². The van der Waals surface area contributed by atoms with Crippen LogP contribution in [0.3, 0.4) is 0 Å². The maximum absolute atomic E-state index is 13.8. The molecular formula is C27H37N3O5. The minimum Gasteiger partial charge on any atom is -0.497 e. The zero-order valence-electron chi connectivity index (χ0n) is 20.8. The molecule has 0 radical (unpaired) electrons. The molecule has 1 aromatic heterocycles.